The number of urea groups is 1. The number of amides is 5. The summed E-state index contributed by atoms with van der Waals surface area (Å²) in [5.74, 6) is -1.88. The van der Waals surface area contributed by atoms with Gasteiger partial charge in [-0.3, -0.25) is 19.3 Å². The van der Waals surface area contributed by atoms with Gasteiger partial charge < -0.3 is 0 Å². The largest absolute Gasteiger partial charge is 0.340 e. The molecule has 1 saturated heterocycles. The molecule has 88 valence electrons. The van der Waals surface area contributed by atoms with Crippen molar-refractivity contribution in [3.05, 3.63) is 0 Å². The van der Waals surface area contributed by atoms with Gasteiger partial charge in [-0.1, -0.05) is 0 Å². The van der Waals surface area contributed by atoms with Crippen LogP contribution in [0.3, 0.4) is 0 Å². The Hall–Kier alpha value is -1.43. The van der Waals surface area contributed by atoms with Gasteiger partial charge in [-0.05, 0) is 0 Å². The Kier molecular flexibility index (Phi) is 3.64. The number of carbonyl (C=O) groups excluding carboxylic acids is 4. The van der Waals surface area contributed by atoms with E-state index >= 15 is 0 Å². The van der Waals surface area contributed by atoms with Gasteiger partial charge in [-0.15, -0.1) is 11.6 Å². The highest BCUT2D eigenvalue weighted by atomic mass is 35.5. The Labute approximate surface area is 97.1 Å². The Morgan fingerprint density at radius 2 is 1.88 bits per heavy atom. The van der Waals surface area contributed by atoms with E-state index in [1.165, 1.54) is 6.92 Å². The summed E-state index contributed by atoms with van der Waals surface area (Å²) in [6.07, 6.45) is -0.117. The average molecular weight is 247 g/mol. The average Bonchev–Trinajstić information content (AvgIpc) is 2.14. The van der Waals surface area contributed by atoms with Crippen LogP contribution in [0, 0.1) is 0 Å². The molecule has 0 aromatic carbocycles. The molecule has 1 unspecified atom stereocenters. The summed E-state index contributed by atoms with van der Waals surface area (Å²) in [6.45, 7) is 2.28. The lowest BCUT2D eigenvalue weighted by Crippen LogP contribution is -2.60. The highest BCUT2D eigenvalue weighted by Crippen LogP contribution is 2.19. The number of imide groups is 4. The maximum absolute atomic E-state index is 11.7. The van der Waals surface area contributed by atoms with Crippen molar-refractivity contribution < 1.29 is 19.2 Å². The Morgan fingerprint density at radius 3 is 2.25 bits per heavy atom. The molecule has 0 radical (unpaired) electrons. The van der Waals surface area contributed by atoms with Crippen LogP contribution in [-0.2, 0) is 14.4 Å². The minimum Gasteiger partial charge on any atom is -0.275 e. The van der Waals surface area contributed by atoms with E-state index in [0.717, 1.165) is 11.8 Å². The smallest absolute Gasteiger partial charge is 0.275 e. The number of hydrogen-bond acceptors (Lipinski definition) is 4. The zero-order valence-electron chi connectivity index (χ0n) is 8.90. The molecular formula is C9H11ClN2O4. The summed E-state index contributed by atoms with van der Waals surface area (Å²) in [5, 5.41) is 0. The topological polar surface area (TPSA) is 74.8 Å². The first-order valence-corrected chi connectivity index (χ1v) is 5.16. The lowest BCUT2D eigenvalue weighted by molar-refractivity contribution is -0.145. The molecule has 16 heavy (non-hydrogen) atoms. The van der Waals surface area contributed by atoms with Crippen LogP contribution in [0.15, 0.2) is 0 Å². The zero-order chi connectivity index (χ0) is 12.5. The molecule has 0 bridgehead atoms. The van der Waals surface area contributed by atoms with E-state index in [4.69, 9.17) is 11.6 Å². The molecule has 1 aliphatic heterocycles. The van der Waals surface area contributed by atoms with Gasteiger partial charge in [0.15, 0.2) is 0 Å². The van der Waals surface area contributed by atoms with E-state index in [0.29, 0.717) is 4.90 Å². The second-order valence-corrected chi connectivity index (χ2v) is 3.74. The van der Waals surface area contributed by atoms with Crippen molar-refractivity contribution >= 4 is 35.4 Å². The lowest BCUT2D eigenvalue weighted by atomic mass is 10.1. The predicted octanol–water partition coefficient (Wildman–Crippen LogP) is 0.341. The third-order valence-electron chi connectivity index (χ3n) is 2.25. The van der Waals surface area contributed by atoms with Crippen LogP contribution in [0.2, 0.25) is 0 Å². The van der Waals surface area contributed by atoms with Crippen molar-refractivity contribution in [1.29, 1.82) is 0 Å². The monoisotopic (exact) mass is 246 g/mol. The van der Waals surface area contributed by atoms with Crippen molar-refractivity contribution in [2.75, 3.05) is 5.88 Å². The number of alkyl halides is 1. The van der Waals surface area contributed by atoms with Crippen molar-refractivity contribution in [3.8, 4) is 0 Å². The Bertz CT molecular complexity index is 369. The minimum atomic E-state index is -0.915. The van der Waals surface area contributed by atoms with E-state index in [2.05, 4.69) is 0 Å². The van der Waals surface area contributed by atoms with Gasteiger partial charge in [0.1, 0.15) is 0 Å². The third kappa shape index (κ3) is 2.06. The van der Waals surface area contributed by atoms with E-state index in [-0.39, 0.29) is 12.3 Å². The van der Waals surface area contributed by atoms with Gasteiger partial charge >= 0.3 is 6.03 Å². The standard InChI is InChI=1S/C9H11ClN2O4/c1-5(13)11-7(4-10)3-8(15)12(6(2)14)9(11)16/h7H,3-4H2,1-2H3. The maximum Gasteiger partial charge on any atom is 0.340 e. The molecule has 6 nitrogen and oxygen atoms in total. The first-order chi connectivity index (χ1) is 7.40. The summed E-state index contributed by atoms with van der Waals surface area (Å²) in [4.78, 5) is 46.8. The quantitative estimate of drug-likeness (QED) is 0.626. The van der Waals surface area contributed by atoms with Gasteiger partial charge in [0, 0.05) is 26.1 Å². The molecule has 1 rings (SSSR count). The van der Waals surface area contributed by atoms with E-state index < -0.39 is 29.8 Å². The summed E-state index contributed by atoms with van der Waals surface area (Å²) in [7, 11) is 0. The van der Waals surface area contributed by atoms with Crippen LogP contribution in [-0.4, -0.2) is 45.5 Å². The zero-order valence-corrected chi connectivity index (χ0v) is 9.65. The number of hydrogen-bond donors (Lipinski definition) is 0. The minimum absolute atomic E-state index is 0.0250. The lowest BCUT2D eigenvalue weighted by Gasteiger charge is -2.35. The predicted molar refractivity (Wildman–Crippen MR) is 54.6 cm³/mol. The van der Waals surface area contributed by atoms with E-state index in [1.807, 2.05) is 0 Å². The van der Waals surface area contributed by atoms with Gasteiger partial charge in [0.2, 0.25) is 17.7 Å². The molecule has 0 spiro atoms. The maximum atomic E-state index is 11.7. The Balaban J connectivity index is 3.07. The second-order valence-electron chi connectivity index (χ2n) is 3.43. The number of rotatable bonds is 1. The summed E-state index contributed by atoms with van der Waals surface area (Å²) >= 11 is 5.58. The van der Waals surface area contributed by atoms with Crippen molar-refractivity contribution in [2.45, 2.75) is 26.3 Å². The second kappa shape index (κ2) is 4.61. The van der Waals surface area contributed by atoms with E-state index in [1.54, 1.807) is 0 Å². The fourth-order valence-corrected chi connectivity index (χ4v) is 1.83. The molecule has 0 aromatic rings. The SMILES string of the molecule is CC(=O)N1C(=O)CC(CCl)N(C(C)=O)C1=O. The summed E-state index contributed by atoms with van der Waals surface area (Å²) in [6, 6.07) is -1.59. The first kappa shape index (κ1) is 12.6. The molecule has 7 heteroatoms. The molecule has 0 aromatic heterocycles. The van der Waals surface area contributed by atoms with Crippen LogP contribution in [0.5, 0.6) is 0 Å². The van der Waals surface area contributed by atoms with Crippen LogP contribution < -0.4 is 0 Å². The molecular weight excluding hydrogens is 236 g/mol. The molecule has 1 aliphatic rings. The number of halogens is 1. The van der Waals surface area contributed by atoms with Gasteiger partial charge in [0.25, 0.3) is 0 Å². The van der Waals surface area contributed by atoms with Gasteiger partial charge in [-0.25, -0.2) is 4.79 Å². The highest BCUT2D eigenvalue weighted by molar-refractivity contribution is 6.20. The fraction of sp³-hybridized carbons (Fsp3) is 0.556. The molecule has 0 saturated carbocycles. The van der Waals surface area contributed by atoms with Crippen LogP contribution in [0.4, 0.5) is 4.79 Å². The molecule has 0 aliphatic carbocycles. The molecule has 0 N–H and O–H groups in total. The van der Waals surface area contributed by atoms with Crippen LogP contribution in [0.25, 0.3) is 0 Å². The summed E-state index contributed by atoms with van der Waals surface area (Å²) < 4.78 is 0. The van der Waals surface area contributed by atoms with Gasteiger partial charge in [0.05, 0.1) is 6.04 Å². The van der Waals surface area contributed by atoms with Crippen molar-refractivity contribution in [1.82, 2.24) is 9.80 Å². The third-order valence-corrected chi connectivity index (χ3v) is 2.61. The molecule has 1 fully saturated rings. The first-order valence-electron chi connectivity index (χ1n) is 4.63. The summed E-state index contributed by atoms with van der Waals surface area (Å²) in [5.41, 5.74) is 0. The van der Waals surface area contributed by atoms with E-state index in [9.17, 15) is 19.2 Å². The Morgan fingerprint density at radius 1 is 1.31 bits per heavy atom. The molecule has 1 atom stereocenters. The van der Waals surface area contributed by atoms with Gasteiger partial charge in [-0.2, -0.15) is 4.90 Å². The van der Waals surface area contributed by atoms with Crippen LogP contribution in [0.1, 0.15) is 20.3 Å². The van der Waals surface area contributed by atoms with Crippen molar-refractivity contribution in [2.24, 2.45) is 0 Å². The van der Waals surface area contributed by atoms with Crippen LogP contribution >= 0.6 is 11.6 Å². The normalized spacial score (nSPS) is 21.3. The number of nitrogens with zero attached hydrogens (tertiary/aromatic N) is 2. The molecule has 5 amide bonds. The molecule has 1 heterocycles. The highest BCUT2D eigenvalue weighted by Gasteiger charge is 2.42. The number of carbonyl (C=O) groups is 4. The van der Waals surface area contributed by atoms with Crippen molar-refractivity contribution in [3.63, 3.8) is 0 Å². The fourth-order valence-electron chi connectivity index (χ4n) is 1.58.